The number of carbonyl (C=O) groups excluding carboxylic acids is 2. The van der Waals surface area contributed by atoms with Gasteiger partial charge < -0.3 is 14.5 Å². The molecular formula is C27H30Cl2N4O3. The summed E-state index contributed by atoms with van der Waals surface area (Å²) in [5.74, 6) is -0.0645. The molecule has 7 nitrogen and oxygen atoms in total. The van der Waals surface area contributed by atoms with Crippen molar-refractivity contribution in [1.82, 2.24) is 19.4 Å². The standard InChI is InChI=1S/C27H30Cl2N4O3/c1-26(2,3)36-25(35)32-12-5-9-27(17-32)10-13-31(16-27)24(34)22-14-18-6-4-11-30-23(18)33(22)19-7-8-20(28)21(29)15-19/h4,6-8,11,14-15H,5,9-10,12-13,16-17H2,1-3H3. The van der Waals surface area contributed by atoms with Gasteiger partial charge in [-0.15, -0.1) is 0 Å². The summed E-state index contributed by atoms with van der Waals surface area (Å²) in [6.45, 7) is 8.15. The van der Waals surface area contributed by atoms with Crippen LogP contribution in [0.5, 0.6) is 0 Å². The first-order valence-corrected chi connectivity index (χ1v) is 13.0. The second-order valence-corrected chi connectivity index (χ2v) is 11.7. The first-order chi connectivity index (χ1) is 17.1. The van der Waals surface area contributed by atoms with Crippen molar-refractivity contribution in [2.24, 2.45) is 5.41 Å². The summed E-state index contributed by atoms with van der Waals surface area (Å²) in [6.07, 6.45) is 4.16. The highest BCUT2D eigenvalue weighted by molar-refractivity contribution is 6.42. The van der Waals surface area contributed by atoms with Crippen molar-refractivity contribution >= 4 is 46.2 Å². The molecule has 0 radical (unpaired) electrons. The number of hydrogen-bond donors (Lipinski definition) is 0. The molecule has 36 heavy (non-hydrogen) atoms. The van der Waals surface area contributed by atoms with Crippen LogP contribution in [0.4, 0.5) is 4.79 Å². The number of halogens is 2. The maximum Gasteiger partial charge on any atom is 0.410 e. The zero-order valence-electron chi connectivity index (χ0n) is 20.8. The first kappa shape index (κ1) is 24.9. The monoisotopic (exact) mass is 528 g/mol. The van der Waals surface area contributed by atoms with E-state index in [1.54, 1.807) is 23.2 Å². The van der Waals surface area contributed by atoms with Crippen LogP contribution in [0.3, 0.4) is 0 Å². The molecule has 2 saturated heterocycles. The number of ether oxygens (including phenoxy) is 1. The number of amides is 2. The minimum absolute atomic E-state index is 0.0645. The Morgan fingerprint density at radius 2 is 1.78 bits per heavy atom. The predicted molar refractivity (Wildman–Crippen MR) is 141 cm³/mol. The van der Waals surface area contributed by atoms with Crippen molar-refractivity contribution in [1.29, 1.82) is 0 Å². The van der Waals surface area contributed by atoms with Crippen LogP contribution in [-0.2, 0) is 4.74 Å². The lowest BCUT2D eigenvalue weighted by Gasteiger charge is -2.40. The molecule has 3 aromatic rings. The number of fused-ring (bicyclic) bond motifs is 1. The van der Waals surface area contributed by atoms with E-state index in [1.807, 2.05) is 54.5 Å². The quantitative estimate of drug-likeness (QED) is 0.397. The van der Waals surface area contributed by atoms with Gasteiger partial charge in [0.15, 0.2) is 0 Å². The van der Waals surface area contributed by atoms with E-state index in [0.29, 0.717) is 47.6 Å². The lowest BCUT2D eigenvalue weighted by Crippen LogP contribution is -2.49. The fourth-order valence-corrected chi connectivity index (χ4v) is 5.66. The average molecular weight is 529 g/mol. The molecule has 2 aliphatic heterocycles. The molecule has 2 aliphatic rings. The molecule has 1 atom stereocenters. The summed E-state index contributed by atoms with van der Waals surface area (Å²) >= 11 is 12.5. The summed E-state index contributed by atoms with van der Waals surface area (Å²) in [6, 6.07) is 11.0. The maximum absolute atomic E-state index is 13.9. The Morgan fingerprint density at radius 3 is 2.53 bits per heavy atom. The third-order valence-corrected chi connectivity index (χ3v) is 7.72. The number of benzene rings is 1. The molecule has 1 unspecified atom stereocenters. The van der Waals surface area contributed by atoms with E-state index >= 15 is 0 Å². The van der Waals surface area contributed by atoms with Gasteiger partial charge >= 0.3 is 6.09 Å². The van der Waals surface area contributed by atoms with Crippen LogP contribution in [0, 0.1) is 5.41 Å². The Labute approximate surface area is 220 Å². The molecule has 0 saturated carbocycles. The van der Waals surface area contributed by atoms with Gasteiger partial charge in [0, 0.05) is 48.9 Å². The van der Waals surface area contributed by atoms with Crippen LogP contribution in [0.1, 0.15) is 50.5 Å². The van der Waals surface area contributed by atoms with E-state index in [9.17, 15) is 9.59 Å². The zero-order chi connectivity index (χ0) is 25.7. The molecule has 4 heterocycles. The third kappa shape index (κ3) is 4.78. The number of rotatable bonds is 2. The van der Waals surface area contributed by atoms with Crippen molar-refractivity contribution in [2.45, 2.75) is 45.6 Å². The summed E-state index contributed by atoms with van der Waals surface area (Å²) in [4.78, 5) is 34.9. The highest BCUT2D eigenvalue weighted by Gasteiger charge is 2.45. The fraction of sp³-hybridized carbons (Fsp3) is 0.444. The largest absolute Gasteiger partial charge is 0.444 e. The number of carbonyl (C=O) groups is 2. The van der Waals surface area contributed by atoms with Gasteiger partial charge in [-0.05, 0) is 76.4 Å². The molecule has 1 spiro atoms. The van der Waals surface area contributed by atoms with Crippen LogP contribution in [-0.4, -0.2) is 63.1 Å². The summed E-state index contributed by atoms with van der Waals surface area (Å²) in [5.41, 5.74) is 1.28. The van der Waals surface area contributed by atoms with Gasteiger partial charge in [0.25, 0.3) is 5.91 Å². The Hall–Kier alpha value is -2.77. The van der Waals surface area contributed by atoms with E-state index in [2.05, 4.69) is 4.98 Å². The molecule has 9 heteroatoms. The van der Waals surface area contributed by atoms with E-state index < -0.39 is 5.60 Å². The Bertz CT molecular complexity index is 1330. The van der Waals surface area contributed by atoms with Crippen LogP contribution < -0.4 is 0 Å². The molecule has 5 rings (SSSR count). The van der Waals surface area contributed by atoms with Gasteiger partial charge in [0.1, 0.15) is 16.9 Å². The smallest absolute Gasteiger partial charge is 0.410 e. The molecule has 1 aromatic carbocycles. The van der Waals surface area contributed by atoms with Crippen LogP contribution in [0.2, 0.25) is 10.0 Å². The highest BCUT2D eigenvalue weighted by Crippen LogP contribution is 2.40. The molecular weight excluding hydrogens is 499 g/mol. The van der Waals surface area contributed by atoms with Crippen molar-refractivity contribution in [3.05, 3.63) is 58.3 Å². The number of hydrogen-bond acceptors (Lipinski definition) is 4. The number of aromatic nitrogens is 2. The molecule has 2 fully saturated rings. The Kier molecular flexibility index (Phi) is 6.41. The fourth-order valence-electron chi connectivity index (χ4n) is 5.37. The van der Waals surface area contributed by atoms with Gasteiger partial charge in [-0.1, -0.05) is 23.2 Å². The number of nitrogens with zero attached hydrogens (tertiary/aromatic N) is 4. The van der Waals surface area contributed by atoms with Crippen LogP contribution >= 0.6 is 23.2 Å². The van der Waals surface area contributed by atoms with Gasteiger partial charge in [0.05, 0.1) is 10.0 Å². The minimum Gasteiger partial charge on any atom is -0.444 e. The SMILES string of the molecule is CC(C)(C)OC(=O)N1CCCC2(CCN(C(=O)c3cc4cccnc4n3-c3ccc(Cl)c(Cl)c3)C2)C1. The molecule has 190 valence electrons. The van der Waals surface area contributed by atoms with Crippen molar-refractivity contribution in [3.63, 3.8) is 0 Å². The summed E-state index contributed by atoms with van der Waals surface area (Å²) in [5, 5.41) is 1.73. The molecule has 0 N–H and O–H groups in total. The number of piperidine rings is 1. The minimum atomic E-state index is -0.536. The predicted octanol–water partition coefficient (Wildman–Crippen LogP) is 6.20. The number of pyridine rings is 1. The van der Waals surface area contributed by atoms with E-state index in [1.165, 1.54) is 0 Å². The van der Waals surface area contributed by atoms with Crippen molar-refractivity contribution in [3.8, 4) is 5.69 Å². The number of likely N-dealkylation sites (tertiary alicyclic amines) is 2. The van der Waals surface area contributed by atoms with E-state index in [4.69, 9.17) is 27.9 Å². The van der Waals surface area contributed by atoms with Gasteiger partial charge in [-0.3, -0.25) is 9.36 Å². The maximum atomic E-state index is 13.9. The second kappa shape index (κ2) is 9.27. The van der Waals surface area contributed by atoms with Gasteiger partial charge in [0.2, 0.25) is 0 Å². The van der Waals surface area contributed by atoms with Crippen LogP contribution in [0.15, 0.2) is 42.6 Å². The third-order valence-electron chi connectivity index (χ3n) is 6.98. The molecule has 0 aliphatic carbocycles. The molecule has 2 aromatic heterocycles. The molecule has 2 amide bonds. The van der Waals surface area contributed by atoms with Crippen molar-refractivity contribution in [2.75, 3.05) is 26.2 Å². The van der Waals surface area contributed by atoms with Gasteiger partial charge in [-0.25, -0.2) is 9.78 Å². The second-order valence-electron chi connectivity index (χ2n) is 10.9. The van der Waals surface area contributed by atoms with Crippen LogP contribution in [0.25, 0.3) is 16.7 Å². The highest BCUT2D eigenvalue weighted by atomic mass is 35.5. The van der Waals surface area contributed by atoms with Gasteiger partial charge in [-0.2, -0.15) is 0 Å². The lowest BCUT2D eigenvalue weighted by atomic mass is 9.79. The summed E-state index contributed by atoms with van der Waals surface area (Å²) in [7, 11) is 0. The first-order valence-electron chi connectivity index (χ1n) is 12.2. The van der Waals surface area contributed by atoms with Crippen molar-refractivity contribution < 1.29 is 14.3 Å². The lowest BCUT2D eigenvalue weighted by molar-refractivity contribution is 0.00564. The molecule has 0 bridgehead atoms. The topological polar surface area (TPSA) is 67.7 Å². The zero-order valence-corrected chi connectivity index (χ0v) is 22.3. The van der Waals surface area contributed by atoms with E-state index in [0.717, 1.165) is 30.3 Å². The average Bonchev–Trinajstić information content (AvgIpc) is 3.41. The normalized spacial score (nSPS) is 20.4. The summed E-state index contributed by atoms with van der Waals surface area (Å²) < 4.78 is 7.46. The van der Waals surface area contributed by atoms with E-state index in [-0.39, 0.29) is 17.4 Å². The Morgan fingerprint density at radius 1 is 1.00 bits per heavy atom. The Balaban J connectivity index is 1.42.